The number of hydrogen-bond donors (Lipinski definition) is 2. The van der Waals surface area contributed by atoms with Gasteiger partial charge in [0.15, 0.2) is 0 Å². The summed E-state index contributed by atoms with van der Waals surface area (Å²) in [5.41, 5.74) is 0.903. The Morgan fingerprint density at radius 2 is 2.12 bits per heavy atom. The minimum absolute atomic E-state index is 0.0153. The fourth-order valence-corrected chi connectivity index (χ4v) is 4.00. The number of nitrogens with one attached hydrogen (secondary N) is 1. The highest BCUT2D eigenvalue weighted by molar-refractivity contribution is 5.70. The summed E-state index contributed by atoms with van der Waals surface area (Å²) in [5, 5.41) is 11.9. The van der Waals surface area contributed by atoms with Crippen LogP contribution >= 0.6 is 0 Å². The van der Waals surface area contributed by atoms with Gasteiger partial charge in [-0.2, -0.15) is 0 Å². The summed E-state index contributed by atoms with van der Waals surface area (Å²) in [7, 11) is 0. The maximum Gasteiger partial charge on any atom is 0.410 e. The fourth-order valence-electron chi connectivity index (χ4n) is 4.00. The highest BCUT2D eigenvalue weighted by Gasteiger charge is 2.55. The van der Waals surface area contributed by atoms with Crippen molar-refractivity contribution in [3.63, 3.8) is 0 Å². The number of fused-ring (bicyclic) bond motifs is 1. The SMILES string of the molecule is CCC1=C[C@@H]2[C@@H](C1)C[C@]2(CNC(=O)OC(C)OC(C)=O)CC(=O)O. The monoisotopic (exact) mass is 339 g/mol. The third-order valence-electron chi connectivity index (χ3n) is 4.97. The average molecular weight is 339 g/mol. The number of aliphatic carboxylic acids is 1. The van der Waals surface area contributed by atoms with Crippen molar-refractivity contribution in [3.8, 4) is 0 Å². The average Bonchev–Trinajstić information content (AvgIpc) is 2.80. The van der Waals surface area contributed by atoms with Gasteiger partial charge in [0.25, 0.3) is 0 Å². The molecule has 2 aliphatic carbocycles. The van der Waals surface area contributed by atoms with Crippen LogP contribution in [0.15, 0.2) is 11.6 Å². The van der Waals surface area contributed by atoms with Crippen molar-refractivity contribution < 1.29 is 29.0 Å². The van der Waals surface area contributed by atoms with Gasteiger partial charge in [0.1, 0.15) is 0 Å². The number of carboxylic acid groups (broad SMARTS) is 1. The first-order chi connectivity index (χ1) is 11.3. The van der Waals surface area contributed by atoms with E-state index < -0.39 is 29.7 Å². The van der Waals surface area contributed by atoms with E-state index in [1.54, 1.807) is 0 Å². The van der Waals surface area contributed by atoms with E-state index in [-0.39, 0.29) is 18.9 Å². The van der Waals surface area contributed by atoms with Crippen LogP contribution < -0.4 is 5.32 Å². The third kappa shape index (κ3) is 4.07. The highest BCUT2D eigenvalue weighted by Crippen LogP contribution is 2.59. The Morgan fingerprint density at radius 1 is 1.42 bits per heavy atom. The molecule has 0 saturated heterocycles. The Morgan fingerprint density at radius 3 is 2.71 bits per heavy atom. The normalized spacial score (nSPS) is 28.9. The van der Waals surface area contributed by atoms with Gasteiger partial charge in [0, 0.05) is 25.8 Å². The highest BCUT2D eigenvalue weighted by atomic mass is 16.7. The summed E-state index contributed by atoms with van der Waals surface area (Å²) in [4.78, 5) is 33.9. The van der Waals surface area contributed by atoms with Gasteiger partial charge >= 0.3 is 18.0 Å². The molecule has 2 N–H and O–H groups in total. The minimum Gasteiger partial charge on any atom is -0.481 e. The minimum atomic E-state index is -0.981. The van der Waals surface area contributed by atoms with Gasteiger partial charge < -0.3 is 19.9 Å². The van der Waals surface area contributed by atoms with E-state index in [0.29, 0.717) is 5.92 Å². The van der Waals surface area contributed by atoms with E-state index in [4.69, 9.17) is 9.47 Å². The van der Waals surface area contributed by atoms with E-state index in [0.717, 1.165) is 19.3 Å². The number of alkyl carbamates (subject to hydrolysis) is 1. The maximum absolute atomic E-state index is 11.8. The fraction of sp³-hybridized carbons (Fsp3) is 0.706. The summed E-state index contributed by atoms with van der Waals surface area (Å²) >= 11 is 0. The van der Waals surface area contributed by atoms with Crippen LogP contribution in [0.3, 0.4) is 0 Å². The second kappa shape index (κ2) is 7.23. The zero-order valence-corrected chi connectivity index (χ0v) is 14.3. The maximum atomic E-state index is 11.8. The van der Waals surface area contributed by atoms with Crippen LogP contribution in [-0.2, 0) is 19.1 Å². The molecule has 1 unspecified atom stereocenters. The lowest BCUT2D eigenvalue weighted by Crippen LogP contribution is -2.53. The molecule has 0 aromatic rings. The van der Waals surface area contributed by atoms with Crippen LogP contribution in [0, 0.1) is 17.3 Å². The Labute approximate surface area is 141 Å². The third-order valence-corrected chi connectivity index (χ3v) is 4.97. The number of hydrogen-bond acceptors (Lipinski definition) is 5. The van der Waals surface area contributed by atoms with E-state index >= 15 is 0 Å². The number of carbonyl (C=O) groups excluding carboxylic acids is 2. The molecule has 1 saturated carbocycles. The van der Waals surface area contributed by atoms with Crippen molar-refractivity contribution in [3.05, 3.63) is 11.6 Å². The molecule has 0 heterocycles. The topological polar surface area (TPSA) is 102 Å². The van der Waals surface area contributed by atoms with E-state index in [2.05, 4.69) is 18.3 Å². The summed E-state index contributed by atoms with van der Waals surface area (Å²) in [5.74, 6) is -0.732. The van der Waals surface area contributed by atoms with E-state index in [1.807, 2.05) is 0 Å². The zero-order valence-electron chi connectivity index (χ0n) is 14.3. The first kappa shape index (κ1) is 18.3. The molecular weight excluding hydrogens is 314 g/mol. The van der Waals surface area contributed by atoms with Crippen molar-refractivity contribution in [1.29, 1.82) is 0 Å². The Bertz CT molecular complexity index is 557. The predicted octanol–water partition coefficient (Wildman–Crippen LogP) is 2.46. The van der Waals surface area contributed by atoms with Crippen LogP contribution in [0.4, 0.5) is 4.79 Å². The first-order valence-corrected chi connectivity index (χ1v) is 8.29. The standard InChI is InChI=1S/C17H25NO6/c1-4-12-5-13-7-17(8-15(20)21,14(13)6-12)9-18-16(22)24-11(3)23-10(2)19/h6,11,13-14H,4-5,7-9H2,1-3H3,(H,18,22)(H,20,21)/t11?,13-,14+,17+/m0/s1. The molecule has 7 nitrogen and oxygen atoms in total. The van der Waals surface area contributed by atoms with Gasteiger partial charge in [-0.1, -0.05) is 18.6 Å². The van der Waals surface area contributed by atoms with Crippen molar-refractivity contribution in [2.24, 2.45) is 17.3 Å². The molecule has 0 aromatic carbocycles. The first-order valence-electron chi connectivity index (χ1n) is 8.29. The van der Waals surface area contributed by atoms with E-state index in [9.17, 15) is 19.5 Å². The molecule has 0 aliphatic heterocycles. The zero-order chi connectivity index (χ0) is 17.9. The van der Waals surface area contributed by atoms with Gasteiger partial charge in [-0.3, -0.25) is 9.59 Å². The molecule has 134 valence electrons. The molecule has 2 aliphatic rings. The number of ether oxygens (including phenoxy) is 2. The lowest BCUT2D eigenvalue weighted by molar-refractivity contribution is -0.162. The van der Waals surface area contributed by atoms with Crippen LogP contribution in [0.25, 0.3) is 0 Å². The molecule has 1 amide bonds. The van der Waals surface area contributed by atoms with Crippen LogP contribution in [-0.4, -0.2) is 36.0 Å². The molecule has 24 heavy (non-hydrogen) atoms. The quantitative estimate of drug-likeness (QED) is 0.420. The van der Waals surface area contributed by atoms with Crippen molar-refractivity contribution in [2.75, 3.05) is 6.54 Å². The summed E-state index contributed by atoms with van der Waals surface area (Å²) in [6.45, 7) is 5.01. The predicted molar refractivity (Wildman–Crippen MR) is 85.0 cm³/mol. The second-order valence-corrected chi connectivity index (χ2v) is 6.74. The number of carbonyl (C=O) groups is 3. The Balaban J connectivity index is 1.94. The molecule has 0 radical (unpaired) electrons. The second-order valence-electron chi connectivity index (χ2n) is 6.74. The Hall–Kier alpha value is -2.05. The molecule has 2 rings (SSSR count). The van der Waals surface area contributed by atoms with Crippen LogP contribution in [0.2, 0.25) is 0 Å². The summed E-state index contributed by atoms with van der Waals surface area (Å²) in [6, 6.07) is 0. The van der Waals surface area contributed by atoms with E-state index in [1.165, 1.54) is 19.4 Å². The largest absolute Gasteiger partial charge is 0.481 e. The molecule has 7 heteroatoms. The smallest absolute Gasteiger partial charge is 0.410 e. The van der Waals surface area contributed by atoms with Gasteiger partial charge in [0.05, 0.1) is 6.42 Å². The number of esters is 1. The van der Waals surface area contributed by atoms with Crippen molar-refractivity contribution >= 4 is 18.0 Å². The molecule has 1 fully saturated rings. The summed E-state index contributed by atoms with van der Waals surface area (Å²) in [6.07, 6.45) is 3.29. The molecular formula is C17H25NO6. The van der Waals surface area contributed by atoms with Gasteiger partial charge in [-0.15, -0.1) is 0 Å². The number of amides is 1. The van der Waals surface area contributed by atoms with Gasteiger partial charge in [-0.25, -0.2) is 4.79 Å². The van der Waals surface area contributed by atoms with Crippen LogP contribution in [0.1, 0.15) is 46.5 Å². The molecule has 4 atom stereocenters. The number of allylic oxidation sites excluding steroid dienone is 2. The van der Waals surface area contributed by atoms with Crippen molar-refractivity contribution in [2.45, 2.75) is 52.7 Å². The number of carboxylic acids is 1. The molecule has 0 aromatic heterocycles. The molecule has 0 bridgehead atoms. The van der Waals surface area contributed by atoms with Crippen molar-refractivity contribution in [1.82, 2.24) is 5.32 Å². The van der Waals surface area contributed by atoms with Crippen LogP contribution in [0.5, 0.6) is 0 Å². The lowest BCUT2D eigenvalue weighted by atomic mass is 9.53. The lowest BCUT2D eigenvalue weighted by Gasteiger charge is -2.51. The van der Waals surface area contributed by atoms with Gasteiger partial charge in [-0.05, 0) is 31.1 Å². The van der Waals surface area contributed by atoms with Gasteiger partial charge in [0.2, 0.25) is 6.29 Å². The number of rotatable bonds is 7. The Kier molecular flexibility index (Phi) is 5.51. The summed E-state index contributed by atoms with van der Waals surface area (Å²) < 4.78 is 9.66. The molecule has 0 spiro atoms.